The van der Waals surface area contributed by atoms with Gasteiger partial charge in [-0.1, -0.05) is 30.3 Å². The smallest absolute Gasteiger partial charge is 0.241 e. The number of ether oxygens (including phenoxy) is 1. The number of rotatable bonds is 9. The summed E-state index contributed by atoms with van der Waals surface area (Å²) in [5.74, 6) is 0.305. The maximum absolute atomic E-state index is 12.8. The largest absolute Gasteiger partial charge is 0.494 e. The average Bonchev–Trinajstić information content (AvgIpc) is 3.46. The molecule has 2 N–H and O–H groups in total. The first-order valence-corrected chi connectivity index (χ1v) is 10.6. The Morgan fingerprint density at radius 1 is 1.11 bits per heavy atom. The van der Waals surface area contributed by atoms with E-state index in [9.17, 15) is 13.2 Å². The monoisotopic (exact) mass is 388 g/mol. The highest BCUT2D eigenvalue weighted by atomic mass is 32.2. The van der Waals surface area contributed by atoms with E-state index in [4.69, 9.17) is 4.74 Å². The van der Waals surface area contributed by atoms with Crippen LogP contribution in [0, 0.1) is 0 Å². The molecule has 0 aromatic heterocycles. The summed E-state index contributed by atoms with van der Waals surface area (Å²) in [5, 5.41) is 2.89. The number of benzene rings is 2. The van der Waals surface area contributed by atoms with Gasteiger partial charge in [0.2, 0.25) is 15.9 Å². The van der Waals surface area contributed by atoms with Crippen molar-refractivity contribution in [3.8, 4) is 5.75 Å². The van der Waals surface area contributed by atoms with Gasteiger partial charge in [-0.3, -0.25) is 4.79 Å². The minimum Gasteiger partial charge on any atom is -0.494 e. The molecule has 2 aromatic carbocycles. The molecule has 7 heteroatoms. The van der Waals surface area contributed by atoms with Gasteiger partial charge in [-0.25, -0.2) is 8.42 Å². The second-order valence-corrected chi connectivity index (χ2v) is 8.26. The van der Waals surface area contributed by atoms with E-state index in [1.165, 1.54) is 12.1 Å². The van der Waals surface area contributed by atoms with Gasteiger partial charge in [0.1, 0.15) is 11.8 Å². The summed E-state index contributed by atoms with van der Waals surface area (Å²) in [5.41, 5.74) is 0.892. The summed E-state index contributed by atoms with van der Waals surface area (Å²) in [7, 11) is -3.84. The van der Waals surface area contributed by atoms with E-state index in [0.717, 1.165) is 18.4 Å². The number of carbonyl (C=O) groups excluding carboxylic acids is 1. The Hall–Kier alpha value is -2.38. The molecule has 144 valence electrons. The van der Waals surface area contributed by atoms with E-state index in [1.807, 2.05) is 37.3 Å². The Morgan fingerprint density at radius 3 is 2.37 bits per heavy atom. The second-order valence-electron chi connectivity index (χ2n) is 6.55. The number of hydrogen-bond acceptors (Lipinski definition) is 4. The normalized spacial score (nSPS) is 15.1. The van der Waals surface area contributed by atoms with Gasteiger partial charge < -0.3 is 10.1 Å². The highest BCUT2D eigenvalue weighted by molar-refractivity contribution is 7.89. The van der Waals surface area contributed by atoms with Crippen LogP contribution in [0.1, 0.15) is 25.3 Å². The summed E-state index contributed by atoms with van der Waals surface area (Å²) in [6.45, 7) is 2.36. The van der Waals surface area contributed by atoms with Gasteiger partial charge in [0.05, 0.1) is 11.5 Å². The molecule has 0 aliphatic heterocycles. The lowest BCUT2D eigenvalue weighted by Crippen LogP contribution is -2.48. The van der Waals surface area contributed by atoms with E-state index in [0.29, 0.717) is 12.4 Å². The van der Waals surface area contributed by atoms with Gasteiger partial charge in [0.15, 0.2) is 0 Å². The van der Waals surface area contributed by atoms with E-state index in [-0.39, 0.29) is 23.3 Å². The number of nitrogens with one attached hydrogen (secondary N) is 2. The standard InChI is InChI=1S/C20H24N2O4S/c1-2-26-17-10-12-18(13-11-17)27(24,25)22-19(20(23)21-16-8-9-16)14-15-6-4-3-5-7-15/h3-7,10-13,16,19,22H,2,8-9,14H2,1H3,(H,21,23). The topological polar surface area (TPSA) is 84.5 Å². The molecule has 1 amide bonds. The van der Waals surface area contributed by atoms with Crippen molar-refractivity contribution in [2.24, 2.45) is 0 Å². The van der Waals surface area contributed by atoms with Crippen molar-refractivity contribution in [1.82, 2.24) is 10.0 Å². The Labute approximate surface area is 160 Å². The molecule has 0 heterocycles. The van der Waals surface area contributed by atoms with Crippen molar-refractivity contribution < 1.29 is 17.9 Å². The number of carbonyl (C=O) groups is 1. The summed E-state index contributed by atoms with van der Waals surface area (Å²) in [6, 6.07) is 14.8. The van der Waals surface area contributed by atoms with Crippen LogP contribution in [0.2, 0.25) is 0 Å². The predicted molar refractivity (Wildman–Crippen MR) is 103 cm³/mol. The SMILES string of the molecule is CCOc1ccc(S(=O)(=O)NC(Cc2ccccc2)C(=O)NC2CC2)cc1. The molecule has 1 atom stereocenters. The first-order chi connectivity index (χ1) is 13.0. The Bertz CT molecular complexity index is 863. The molecule has 1 unspecified atom stereocenters. The molecule has 2 aromatic rings. The summed E-state index contributed by atoms with van der Waals surface area (Å²) in [6.07, 6.45) is 2.17. The minimum atomic E-state index is -3.84. The van der Waals surface area contributed by atoms with Crippen LogP contribution in [0.3, 0.4) is 0 Å². The van der Waals surface area contributed by atoms with Crippen LogP contribution in [-0.2, 0) is 21.2 Å². The highest BCUT2D eigenvalue weighted by Crippen LogP contribution is 2.20. The summed E-state index contributed by atoms with van der Waals surface area (Å²) in [4.78, 5) is 12.7. The fraction of sp³-hybridized carbons (Fsp3) is 0.350. The van der Waals surface area contributed by atoms with Crippen molar-refractivity contribution in [2.45, 2.75) is 43.2 Å². The van der Waals surface area contributed by atoms with E-state index < -0.39 is 16.1 Å². The molecule has 0 bridgehead atoms. The minimum absolute atomic E-state index is 0.100. The van der Waals surface area contributed by atoms with Gasteiger partial charge in [0.25, 0.3) is 0 Å². The molecule has 0 saturated heterocycles. The van der Waals surface area contributed by atoms with Crippen LogP contribution < -0.4 is 14.8 Å². The maximum atomic E-state index is 12.8. The first kappa shape index (κ1) is 19.4. The van der Waals surface area contributed by atoms with Crippen LogP contribution in [0.5, 0.6) is 5.75 Å². The molecule has 1 aliphatic carbocycles. The van der Waals surface area contributed by atoms with Gasteiger partial charge in [0, 0.05) is 6.04 Å². The Kier molecular flexibility index (Phi) is 6.13. The summed E-state index contributed by atoms with van der Waals surface area (Å²) < 4.78 is 33.5. The average molecular weight is 388 g/mol. The molecule has 6 nitrogen and oxygen atoms in total. The Morgan fingerprint density at radius 2 is 1.78 bits per heavy atom. The van der Waals surface area contributed by atoms with Crippen LogP contribution in [-0.4, -0.2) is 33.0 Å². The van der Waals surface area contributed by atoms with Gasteiger partial charge in [-0.2, -0.15) is 4.72 Å². The third-order valence-electron chi connectivity index (χ3n) is 4.27. The van der Waals surface area contributed by atoms with Crippen LogP contribution in [0.4, 0.5) is 0 Å². The lowest BCUT2D eigenvalue weighted by molar-refractivity contribution is -0.122. The first-order valence-electron chi connectivity index (χ1n) is 9.07. The molecule has 1 fully saturated rings. The zero-order chi connectivity index (χ0) is 19.3. The van der Waals surface area contributed by atoms with Crippen LogP contribution in [0.25, 0.3) is 0 Å². The zero-order valence-electron chi connectivity index (χ0n) is 15.2. The maximum Gasteiger partial charge on any atom is 0.241 e. The third-order valence-corrected chi connectivity index (χ3v) is 5.75. The van der Waals surface area contributed by atoms with Crippen molar-refractivity contribution in [1.29, 1.82) is 0 Å². The third kappa shape index (κ3) is 5.55. The van der Waals surface area contributed by atoms with Crippen molar-refractivity contribution in [2.75, 3.05) is 6.61 Å². The Balaban J connectivity index is 1.77. The second kappa shape index (κ2) is 8.54. The van der Waals surface area contributed by atoms with Gasteiger partial charge in [-0.05, 0) is 56.0 Å². The highest BCUT2D eigenvalue weighted by Gasteiger charge is 2.30. The molecule has 0 radical (unpaired) electrons. The number of sulfonamides is 1. The van der Waals surface area contributed by atoms with Gasteiger partial charge in [-0.15, -0.1) is 0 Å². The summed E-state index contributed by atoms with van der Waals surface area (Å²) >= 11 is 0. The van der Waals surface area contributed by atoms with Crippen molar-refractivity contribution in [3.05, 3.63) is 60.2 Å². The molecular formula is C20H24N2O4S. The molecule has 0 spiro atoms. The quantitative estimate of drug-likeness (QED) is 0.690. The molecular weight excluding hydrogens is 364 g/mol. The van der Waals surface area contributed by atoms with Gasteiger partial charge >= 0.3 is 0 Å². The van der Waals surface area contributed by atoms with Crippen molar-refractivity contribution in [3.63, 3.8) is 0 Å². The van der Waals surface area contributed by atoms with Crippen molar-refractivity contribution >= 4 is 15.9 Å². The van der Waals surface area contributed by atoms with E-state index in [1.54, 1.807) is 12.1 Å². The lowest BCUT2D eigenvalue weighted by atomic mass is 10.1. The fourth-order valence-electron chi connectivity index (χ4n) is 2.70. The molecule has 27 heavy (non-hydrogen) atoms. The molecule has 3 rings (SSSR count). The fourth-order valence-corrected chi connectivity index (χ4v) is 3.90. The van der Waals surface area contributed by atoms with Crippen LogP contribution >= 0.6 is 0 Å². The van der Waals surface area contributed by atoms with E-state index in [2.05, 4.69) is 10.0 Å². The lowest BCUT2D eigenvalue weighted by Gasteiger charge is -2.19. The number of amides is 1. The predicted octanol–water partition coefficient (Wildman–Crippen LogP) is 2.25. The number of hydrogen-bond donors (Lipinski definition) is 2. The van der Waals surface area contributed by atoms with Crippen LogP contribution in [0.15, 0.2) is 59.5 Å². The molecule has 1 saturated carbocycles. The zero-order valence-corrected chi connectivity index (χ0v) is 16.0. The van der Waals surface area contributed by atoms with E-state index >= 15 is 0 Å². The molecule has 1 aliphatic rings.